The van der Waals surface area contributed by atoms with Crippen molar-refractivity contribution in [2.24, 2.45) is 11.3 Å². The number of carbonyl (C=O) groups is 2. The van der Waals surface area contributed by atoms with E-state index in [1.165, 1.54) is 21.1 Å². The minimum atomic E-state index is -3.73. The molecule has 0 aromatic carbocycles. The average Bonchev–Trinajstić information content (AvgIpc) is 2.46. The van der Waals surface area contributed by atoms with Crippen LogP contribution in [0.4, 0.5) is 0 Å². The van der Waals surface area contributed by atoms with E-state index < -0.39 is 33.3 Å². The van der Waals surface area contributed by atoms with Crippen LogP contribution < -0.4 is 0 Å². The van der Waals surface area contributed by atoms with Gasteiger partial charge in [0.2, 0.25) is 10.0 Å². The van der Waals surface area contributed by atoms with E-state index in [0.29, 0.717) is 12.8 Å². The third-order valence-electron chi connectivity index (χ3n) is 4.32. The van der Waals surface area contributed by atoms with Crippen LogP contribution in [0.25, 0.3) is 0 Å². The number of carboxylic acids is 1. The van der Waals surface area contributed by atoms with Crippen LogP contribution in [0.1, 0.15) is 39.0 Å². The molecule has 22 heavy (non-hydrogen) atoms. The van der Waals surface area contributed by atoms with Crippen LogP contribution in [0, 0.1) is 11.3 Å². The zero-order chi connectivity index (χ0) is 17.0. The van der Waals surface area contributed by atoms with E-state index in [-0.39, 0.29) is 12.3 Å². The lowest BCUT2D eigenvalue weighted by molar-refractivity contribution is -0.153. The molecule has 0 radical (unpaired) electrons. The van der Waals surface area contributed by atoms with E-state index in [0.717, 1.165) is 23.6 Å². The molecule has 1 saturated carbocycles. The molecule has 0 heterocycles. The Morgan fingerprint density at radius 1 is 1.27 bits per heavy atom. The lowest BCUT2D eigenvalue weighted by atomic mass is 9.75. The zero-order valence-corrected chi connectivity index (χ0v) is 14.2. The maximum absolute atomic E-state index is 12.5. The second kappa shape index (κ2) is 7.41. The van der Waals surface area contributed by atoms with E-state index in [4.69, 9.17) is 9.84 Å². The van der Waals surface area contributed by atoms with Gasteiger partial charge in [-0.25, -0.2) is 12.7 Å². The summed E-state index contributed by atoms with van der Waals surface area (Å²) in [6.45, 7) is 1.33. The largest absolute Gasteiger partial charge is 0.481 e. The number of hydrogen-bond acceptors (Lipinski definition) is 5. The SMILES string of the molecule is COC(=O)C1(CS(=O)(=O)N(C)CC(C)C(=O)O)CCCCC1. The first-order valence-electron chi connectivity index (χ1n) is 7.40. The van der Waals surface area contributed by atoms with Crippen LogP contribution in [0.5, 0.6) is 0 Å². The fourth-order valence-electron chi connectivity index (χ4n) is 2.89. The maximum Gasteiger partial charge on any atom is 0.312 e. The molecule has 1 aliphatic carbocycles. The third-order valence-corrected chi connectivity index (χ3v) is 6.33. The molecule has 1 unspecified atom stereocenters. The van der Waals surface area contributed by atoms with Crippen LogP contribution in [-0.2, 0) is 24.3 Å². The van der Waals surface area contributed by atoms with E-state index in [9.17, 15) is 18.0 Å². The van der Waals surface area contributed by atoms with Crippen molar-refractivity contribution in [2.45, 2.75) is 39.0 Å². The Morgan fingerprint density at radius 3 is 2.27 bits per heavy atom. The molecule has 1 fully saturated rings. The highest BCUT2D eigenvalue weighted by Gasteiger charge is 2.45. The number of nitrogens with zero attached hydrogens (tertiary/aromatic N) is 1. The molecular weight excluding hydrogens is 310 g/mol. The van der Waals surface area contributed by atoms with Gasteiger partial charge in [0, 0.05) is 13.6 Å². The maximum atomic E-state index is 12.5. The number of rotatable bonds is 7. The number of esters is 1. The molecule has 1 aliphatic rings. The van der Waals surface area contributed by atoms with Crippen molar-refractivity contribution >= 4 is 22.0 Å². The zero-order valence-electron chi connectivity index (χ0n) is 13.4. The first kappa shape index (κ1) is 18.9. The summed E-state index contributed by atoms with van der Waals surface area (Å²) in [7, 11) is -1.12. The van der Waals surface area contributed by atoms with E-state index in [2.05, 4.69) is 0 Å². The first-order chi connectivity index (χ1) is 10.1. The monoisotopic (exact) mass is 335 g/mol. The van der Waals surface area contributed by atoms with E-state index in [1.54, 1.807) is 0 Å². The molecule has 0 aromatic rings. The predicted octanol–water partition coefficient (Wildman–Crippen LogP) is 1.09. The molecule has 128 valence electrons. The Kier molecular flexibility index (Phi) is 6.37. The summed E-state index contributed by atoms with van der Waals surface area (Å²) in [5.41, 5.74) is -1.01. The normalized spacial score (nSPS) is 19.6. The standard InChI is InChI=1S/C14H25NO6S/c1-11(12(16)17)9-15(2)22(19,20)10-14(13(18)21-3)7-5-4-6-8-14/h11H,4-10H2,1-3H3,(H,16,17). The molecular formula is C14H25NO6S. The molecule has 1 atom stereocenters. The number of methoxy groups -OCH3 is 1. The number of sulfonamides is 1. The summed E-state index contributed by atoms with van der Waals surface area (Å²) in [5, 5.41) is 8.90. The second-order valence-electron chi connectivity index (χ2n) is 6.11. The van der Waals surface area contributed by atoms with Crippen molar-refractivity contribution in [3.63, 3.8) is 0 Å². The van der Waals surface area contributed by atoms with Gasteiger partial charge in [0.1, 0.15) is 0 Å². The van der Waals surface area contributed by atoms with Gasteiger partial charge in [0.15, 0.2) is 0 Å². The van der Waals surface area contributed by atoms with Gasteiger partial charge in [0.25, 0.3) is 0 Å². The Bertz CT molecular complexity index is 509. The summed E-state index contributed by atoms with van der Waals surface area (Å²) in [6, 6.07) is 0. The summed E-state index contributed by atoms with van der Waals surface area (Å²) >= 11 is 0. The fraction of sp³-hybridized carbons (Fsp3) is 0.857. The third kappa shape index (κ3) is 4.42. The van der Waals surface area contributed by atoms with Crippen molar-refractivity contribution in [3.8, 4) is 0 Å². The lowest BCUT2D eigenvalue weighted by Gasteiger charge is -2.35. The molecule has 0 aliphatic heterocycles. The molecule has 1 N–H and O–H groups in total. The summed E-state index contributed by atoms with van der Waals surface area (Å²) in [6.07, 6.45) is 3.53. The van der Waals surface area contributed by atoms with Crippen LogP contribution >= 0.6 is 0 Å². The van der Waals surface area contributed by atoms with Gasteiger partial charge in [-0.3, -0.25) is 9.59 Å². The van der Waals surface area contributed by atoms with Gasteiger partial charge in [0.05, 0.1) is 24.2 Å². The van der Waals surface area contributed by atoms with Crippen LogP contribution in [0.3, 0.4) is 0 Å². The second-order valence-corrected chi connectivity index (χ2v) is 8.18. The molecule has 8 heteroatoms. The van der Waals surface area contributed by atoms with Crippen molar-refractivity contribution in [1.82, 2.24) is 4.31 Å². The number of hydrogen-bond donors (Lipinski definition) is 1. The quantitative estimate of drug-likeness (QED) is 0.699. The molecule has 0 amide bonds. The Balaban J connectivity index is 2.91. The average molecular weight is 335 g/mol. The highest BCUT2D eigenvalue weighted by atomic mass is 32.2. The molecule has 1 rings (SSSR count). The Hall–Kier alpha value is -1.15. The summed E-state index contributed by atoms with van der Waals surface area (Å²) in [4.78, 5) is 23.0. The Labute approximate surface area is 131 Å². The number of carbonyl (C=O) groups excluding carboxylic acids is 1. The van der Waals surface area contributed by atoms with Crippen molar-refractivity contribution in [3.05, 3.63) is 0 Å². The van der Waals surface area contributed by atoms with Crippen molar-refractivity contribution in [1.29, 1.82) is 0 Å². The van der Waals surface area contributed by atoms with Gasteiger partial charge < -0.3 is 9.84 Å². The Morgan fingerprint density at radius 2 is 1.82 bits per heavy atom. The molecule has 0 saturated heterocycles. The first-order valence-corrected chi connectivity index (χ1v) is 9.01. The molecule has 0 bridgehead atoms. The minimum Gasteiger partial charge on any atom is -0.481 e. The van der Waals surface area contributed by atoms with Crippen LogP contribution in [0.15, 0.2) is 0 Å². The van der Waals surface area contributed by atoms with E-state index in [1.807, 2.05) is 0 Å². The highest BCUT2D eigenvalue weighted by molar-refractivity contribution is 7.89. The van der Waals surface area contributed by atoms with Crippen LogP contribution in [0.2, 0.25) is 0 Å². The van der Waals surface area contributed by atoms with Crippen LogP contribution in [-0.4, -0.2) is 56.2 Å². The van der Waals surface area contributed by atoms with Gasteiger partial charge in [-0.1, -0.05) is 26.2 Å². The summed E-state index contributed by atoms with van der Waals surface area (Å²) < 4.78 is 30.9. The topological polar surface area (TPSA) is 101 Å². The van der Waals surface area contributed by atoms with E-state index >= 15 is 0 Å². The lowest BCUT2D eigenvalue weighted by Crippen LogP contribution is -2.45. The number of ether oxygens (including phenoxy) is 1. The summed E-state index contributed by atoms with van der Waals surface area (Å²) in [5.74, 6) is -2.67. The van der Waals surface area contributed by atoms with Crippen molar-refractivity contribution in [2.75, 3.05) is 26.5 Å². The highest BCUT2D eigenvalue weighted by Crippen LogP contribution is 2.39. The van der Waals surface area contributed by atoms with Crippen molar-refractivity contribution < 1.29 is 27.9 Å². The molecule has 0 spiro atoms. The van der Waals surface area contributed by atoms with Gasteiger partial charge in [-0.05, 0) is 12.8 Å². The van der Waals surface area contributed by atoms with Gasteiger partial charge in [-0.15, -0.1) is 0 Å². The predicted molar refractivity (Wildman–Crippen MR) is 80.8 cm³/mol. The molecule has 0 aromatic heterocycles. The molecule has 7 nitrogen and oxygen atoms in total. The minimum absolute atomic E-state index is 0.116. The fourth-order valence-corrected chi connectivity index (χ4v) is 4.67. The van der Waals surface area contributed by atoms with Gasteiger partial charge in [-0.2, -0.15) is 0 Å². The number of carboxylic acid groups (broad SMARTS) is 1. The number of aliphatic carboxylic acids is 1. The van der Waals surface area contributed by atoms with Gasteiger partial charge >= 0.3 is 11.9 Å². The smallest absolute Gasteiger partial charge is 0.312 e.